The lowest BCUT2D eigenvalue weighted by atomic mass is 10.1. The van der Waals surface area contributed by atoms with Gasteiger partial charge in [0, 0.05) is 13.2 Å². The molecular formula is C15H26O2. The Morgan fingerprint density at radius 2 is 1.12 bits per heavy atom. The van der Waals surface area contributed by atoms with Gasteiger partial charge in [-0.2, -0.15) is 0 Å². The fraction of sp³-hybridized carbons (Fsp3) is 0.600. The van der Waals surface area contributed by atoms with Gasteiger partial charge in [0.25, 0.3) is 0 Å². The standard InChI is InChI=1S/C9H12.C6H14O2/c1-7-4-8(2)6-9(3)5-7;1-4-7-6(3)8-5-2/h4-6H,1-3H3;6H,4-5H2,1-3H3. The van der Waals surface area contributed by atoms with E-state index >= 15 is 0 Å². The van der Waals surface area contributed by atoms with Crippen LogP contribution in [0.1, 0.15) is 37.5 Å². The molecule has 0 atom stereocenters. The van der Waals surface area contributed by atoms with Gasteiger partial charge in [0.05, 0.1) is 0 Å². The summed E-state index contributed by atoms with van der Waals surface area (Å²) in [4.78, 5) is 0. The van der Waals surface area contributed by atoms with E-state index in [0.717, 1.165) is 13.2 Å². The molecule has 0 amide bonds. The molecular weight excluding hydrogens is 212 g/mol. The van der Waals surface area contributed by atoms with Crippen LogP contribution in [0.2, 0.25) is 0 Å². The zero-order chi connectivity index (χ0) is 13.3. The summed E-state index contributed by atoms with van der Waals surface area (Å²) in [6.45, 7) is 13.6. The van der Waals surface area contributed by atoms with E-state index in [1.54, 1.807) is 0 Å². The summed E-state index contributed by atoms with van der Waals surface area (Å²) < 4.78 is 10.1. The minimum absolute atomic E-state index is 0.0370. The van der Waals surface area contributed by atoms with Crippen LogP contribution in [0.3, 0.4) is 0 Å². The molecule has 0 saturated carbocycles. The molecule has 0 N–H and O–H groups in total. The van der Waals surface area contributed by atoms with Crippen LogP contribution in [0.15, 0.2) is 18.2 Å². The molecule has 0 aliphatic heterocycles. The molecule has 0 bridgehead atoms. The average Bonchev–Trinajstić information content (AvgIpc) is 2.16. The van der Waals surface area contributed by atoms with Gasteiger partial charge in [-0.3, -0.25) is 0 Å². The van der Waals surface area contributed by atoms with Crippen LogP contribution < -0.4 is 0 Å². The van der Waals surface area contributed by atoms with Crippen molar-refractivity contribution in [2.24, 2.45) is 0 Å². The van der Waals surface area contributed by atoms with Crippen LogP contribution in [0.25, 0.3) is 0 Å². The molecule has 1 aromatic carbocycles. The van der Waals surface area contributed by atoms with E-state index in [2.05, 4.69) is 39.0 Å². The van der Waals surface area contributed by atoms with Gasteiger partial charge in [0.2, 0.25) is 0 Å². The molecule has 0 unspecified atom stereocenters. The Kier molecular flexibility index (Phi) is 8.73. The quantitative estimate of drug-likeness (QED) is 0.738. The molecule has 0 saturated heterocycles. The van der Waals surface area contributed by atoms with Gasteiger partial charge < -0.3 is 9.47 Å². The first-order chi connectivity index (χ1) is 7.99. The lowest BCUT2D eigenvalue weighted by molar-refractivity contribution is -0.123. The van der Waals surface area contributed by atoms with Gasteiger partial charge in [-0.1, -0.05) is 34.9 Å². The summed E-state index contributed by atoms with van der Waals surface area (Å²) >= 11 is 0. The summed E-state index contributed by atoms with van der Waals surface area (Å²) in [5.74, 6) is 0. The maximum absolute atomic E-state index is 5.06. The minimum Gasteiger partial charge on any atom is -0.353 e. The second-order valence-corrected chi connectivity index (χ2v) is 4.14. The smallest absolute Gasteiger partial charge is 0.154 e. The maximum atomic E-state index is 5.06. The molecule has 17 heavy (non-hydrogen) atoms. The Hall–Kier alpha value is -0.860. The highest BCUT2D eigenvalue weighted by molar-refractivity contribution is 5.27. The van der Waals surface area contributed by atoms with E-state index in [-0.39, 0.29) is 6.29 Å². The van der Waals surface area contributed by atoms with E-state index in [9.17, 15) is 0 Å². The molecule has 0 aliphatic carbocycles. The van der Waals surface area contributed by atoms with E-state index in [1.165, 1.54) is 16.7 Å². The maximum Gasteiger partial charge on any atom is 0.154 e. The Bertz CT molecular complexity index is 251. The lowest BCUT2D eigenvalue weighted by Crippen LogP contribution is -2.11. The van der Waals surface area contributed by atoms with Crippen molar-refractivity contribution in [2.75, 3.05) is 13.2 Å². The molecule has 2 heteroatoms. The fourth-order valence-electron chi connectivity index (χ4n) is 1.72. The highest BCUT2D eigenvalue weighted by Gasteiger charge is 1.94. The van der Waals surface area contributed by atoms with E-state index in [4.69, 9.17) is 9.47 Å². The topological polar surface area (TPSA) is 18.5 Å². The van der Waals surface area contributed by atoms with Crippen molar-refractivity contribution in [3.63, 3.8) is 0 Å². The zero-order valence-electron chi connectivity index (χ0n) is 12.0. The third-order valence-electron chi connectivity index (χ3n) is 2.17. The fourth-order valence-corrected chi connectivity index (χ4v) is 1.72. The van der Waals surface area contributed by atoms with E-state index in [1.807, 2.05) is 20.8 Å². The number of rotatable bonds is 4. The van der Waals surface area contributed by atoms with Crippen LogP contribution >= 0.6 is 0 Å². The van der Waals surface area contributed by atoms with Crippen LogP contribution in [0.4, 0.5) is 0 Å². The molecule has 0 heterocycles. The summed E-state index contributed by atoms with van der Waals surface area (Å²) in [5.41, 5.74) is 4.06. The van der Waals surface area contributed by atoms with Crippen LogP contribution in [0, 0.1) is 20.8 Å². The number of hydrogen-bond donors (Lipinski definition) is 0. The molecule has 0 radical (unpaired) electrons. The molecule has 1 aromatic rings. The molecule has 0 aromatic heterocycles. The summed E-state index contributed by atoms with van der Waals surface area (Å²) in [7, 11) is 0. The van der Waals surface area contributed by atoms with Gasteiger partial charge in [-0.25, -0.2) is 0 Å². The summed E-state index contributed by atoms with van der Waals surface area (Å²) in [6, 6.07) is 6.56. The van der Waals surface area contributed by atoms with Gasteiger partial charge >= 0.3 is 0 Å². The van der Waals surface area contributed by atoms with Crippen molar-refractivity contribution in [3.05, 3.63) is 34.9 Å². The zero-order valence-corrected chi connectivity index (χ0v) is 12.0. The van der Waals surface area contributed by atoms with Gasteiger partial charge in [-0.05, 0) is 41.5 Å². The van der Waals surface area contributed by atoms with Crippen molar-refractivity contribution in [2.45, 2.75) is 47.8 Å². The first kappa shape index (κ1) is 16.1. The molecule has 1 rings (SSSR count). The second-order valence-electron chi connectivity index (χ2n) is 4.14. The average molecular weight is 238 g/mol. The molecule has 2 nitrogen and oxygen atoms in total. The van der Waals surface area contributed by atoms with Crippen molar-refractivity contribution >= 4 is 0 Å². The highest BCUT2D eigenvalue weighted by atomic mass is 16.7. The summed E-state index contributed by atoms with van der Waals surface area (Å²) in [6.07, 6.45) is -0.0370. The first-order valence-corrected chi connectivity index (χ1v) is 6.27. The molecule has 98 valence electrons. The van der Waals surface area contributed by atoms with E-state index < -0.39 is 0 Å². The normalized spacial score (nSPS) is 10.1. The first-order valence-electron chi connectivity index (χ1n) is 6.27. The van der Waals surface area contributed by atoms with Crippen LogP contribution in [-0.4, -0.2) is 19.5 Å². The second kappa shape index (κ2) is 9.20. The third kappa shape index (κ3) is 8.90. The Morgan fingerprint density at radius 1 is 0.824 bits per heavy atom. The van der Waals surface area contributed by atoms with Gasteiger partial charge in [-0.15, -0.1) is 0 Å². The van der Waals surface area contributed by atoms with Crippen molar-refractivity contribution in [1.82, 2.24) is 0 Å². The van der Waals surface area contributed by atoms with Crippen molar-refractivity contribution < 1.29 is 9.47 Å². The third-order valence-corrected chi connectivity index (χ3v) is 2.17. The highest BCUT2D eigenvalue weighted by Crippen LogP contribution is 2.06. The Morgan fingerprint density at radius 3 is 1.35 bits per heavy atom. The predicted molar refractivity (Wildman–Crippen MR) is 73.4 cm³/mol. The van der Waals surface area contributed by atoms with Crippen LogP contribution in [-0.2, 0) is 9.47 Å². The summed E-state index contributed by atoms with van der Waals surface area (Å²) in [5, 5.41) is 0. The van der Waals surface area contributed by atoms with Gasteiger partial charge in [0.1, 0.15) is 0 Å². The molecule has 0 aliphatic rings. The van der Waals surface area contributed by atoms with Gasteiger partial charge in [0.15, 0.2) is 6.29 Å². The monoisotopic (exact) mass is 238 g/mol. The van der Waals surface area contributed by atoms with Crippen LogP contribution in [0.5, 0.6) is 0 Å². The Labute approximate surface area is 106 Å². The van der Waals surface area contributed by atoms with Crippen molar-refractivity contribution in [1.29, 1.82) is 0 Å². The number of ether oxygens (including phenoxy) is 2. The van der Waals surface area contributed by atoms with Crippen molar-refractivity contribution in [3.8, 4) is 0 Å². The molecule has 0 spiro atoms. The molecule has 0 fully saturated rings. The van der Waals surface area contributed by atoms with E-state index in [0.29, 0.717) is 0 Å². The number of benzene rings is 1. The SMILES string of the molecule is CCOC(C)OCC.Cc1cc(C)cc(C)c1. The largest absolute Gasteiger partial charge is 0.353 e. The lowest BCUT2D eigenvalue weighted by Gasteiger charge is -2.09. The number of aryl methyl sites for hydroxylation is 3. The Balaban J connectivity index is 0.000000304. The predicted octanol–water partition coefficient (Wildman–Crippen LogP) is 4.02. The number of hydrogen-bond acceptors (Lipinski definition) is 2. The minimum atomic E-state index is -0.0370.